The van der Waals surface area contributed by atoms with Gasteiger partial charge in [-0.3, -0.25) is 4.99 Å². The summed E-state index contributed by atoms with van der Waals surface area (Å²) in [5.74, 6) is 0.740. The number of methoxy groups -OCH3 is 1. The van der Waals surface area contributed by atoms with E-state index >= 15 is 0 Å². The lowest BCUT2D eigenvalue weighted by molar-refractivity contribution is 0.172. The molecule has 0 amide bonds. The van der Waals surface area contributed by atoms with E-state index in [1.54, 1.807) is 25.5 Å². The lowest BCUT2D eigenvalue weighted by Gasteiger charge is -2.19. The first-order valence-corrected chi connectivity index (χ1v) is 9.57. The van der Waals surface area contributed by atoms with E-state index in [9.17, 15) is 5.11 Å². The molecule has 3 rings (SSSR count). The van der Waals surface area contributed by atoms with Crippen molar-refractivity contribution in [2.24, 2.45) is 10.4 Å². The predicted octanol–water partition coefficient (Wildman–Crippen LogP) is 2.92. The highest BCUT2D eigenvalue weighted by molar-refractivity contribution is 7.19. The second-order valence-corrected chi connectivity index (χ2v) is 7.87. The van der Waals surface area contributed by atoms with Crippen LogP contribution in [0.1, 0.15) is 30.2 Å². The second-order valence-electron chi connectivity index (χ2n) is 6.75. The molecule has 1 heterocycles. The largest absolute Gasteiger partial charge is 0.386 e. The van der Waals surface area contributed by atoms with Crippen LogP contribution in [-0.4, -0.2) is 44.9 Å². The number of fused-ring (bicyclic) bond motifs is 1. The minimum absolute atomic E-state index is 0.359. The molecule has 0 aliphatic heterocycles. The van der Waals surface area contributed by atoms with Crippen molar-refractivity contribution in [3.8, 4) is 0 Å². The first-order chi connectivity index (χ1) is 12.2. The van der Waals surface area contributed by atoms with E-state index < -0.39 is 6.10 Å². The summed E-state index contributed by atoms with van der Waals surface area (Å²) >= 11 is 1.64. The molecule has 1 saturated carbocycles. The Hall–Kier alpha value is -1.63. The van der Waals surface area contributed by atoms with Crippen LogP contribution < -0.4 is 10.6 Å². The molecule has 1 atom stereocenters. The number of aliphatic hydroxyl groups is 1. The molecule has 1 aliphatic rings. The van der Waals surface area contributed by atoms with E-state index in [0.29, 0.717) is 12.0 Å². The maximum absolute atomic E-state index is 10.5. The summed E-state index contributed by atoms with van der Waals surface area (Å²) in [6, 6.07) is 10.3. The van der Waals surface area contributed by atoms with Gasteiger partial charge < -0.3 is 20.5 Å². The van der Waals surface area contributed by atoms with Gasteiger partial charge in [-0.15, -0.1) is 11.3 Å². The molecule has 0 radical (unpaired) electrons. The molecular formula is C19H27N3O2S. The summed E-state index contributed by atoms with van der Waals surface area (Å²) < 4.78 is 6.40. The van der Waals surface area contributed by atoms with Crippen LogP contribution in [0.2, 0.25) is 0 Å². The zero-order chi connectivity index (χ0) is 17.7. The fraction of sp³-hybridized carbons (Fsp3) is 0.526. The van der Waals surface area contributed by atoms with Gasteiger partial charge in [-0.2, -0.15) is 0 Å². The number of guanidine groups is 1. The van der Waals surface area contributed by atoms with Crippen molar-refractivity contribution in [1.29, 1.82) is 0 Å². The number of hydrogen-bond donors (Lipinski definition) is 3. The van der Waals surface area contributed by atoms with Gasteiger partial charge in [0.1, 0.15) is 6.10 Å². The van der Waals surface area contributed by atoms with Crippen LogP contribution in [-0.2, 0) is 4.74 Å². The Kier molecular flexibility index (Phi) is 5.93. The van der Waals surface area contributed by atoms with Crippen LogP contribution in [0.3, 0.4) is 0 Å². The molecule has 1 fully saturated rings. The molecule has 1 aromatic carbocycles. The zero-order valence-electron chi connectivity index (χ0n) is 14.9. The Morgan fingerprint density at radius 1 is 1.36 bits per heavy atom. The third-order valence-electron chi connectivity index (χ3n) is 4.88. The van der Waals surface area contributed by atoms with Crippen LogP contribution in [0.4, 0.5) is 0 Å². The topological polar surface area (TPSA) is 65.9 Å². The van der Waals surface area contributed by atoms with Gasteiger partial charge in [-0.1, -0.05) is 18.2 Å². The van der Waals surface area contributed by atoms with Gasteiger partial charge in [-0.05, 0) is 42.2 Å². The van der Waals surface area contributed by atoms with Gasteiger partial charge in [0.15, 0.2) is 5.96 Å². The first-order valence-electron chi connectivity index (χ1n) is 8.76. The van der Waals surface area contributed by atoms with E-state index in [2.05, 4.69) is 33.8 Å². The van der Waals surface area contributed by atoms with E-state index in [0.717, 1.165) is 30.4 Å². The number of hydrogen-bond acceptors (Lipinski definition) is 4. The highest BCUT2D eigenvalue weighted by Crippen LogP contribution is 2.48. The Morgan fingerprint density at radius 2 is 2.16 bits per heavy atom. The zero-order valence-corrected chi connectivity index (χ0v) is 15.7. The molecule has 5 nitrogen and oxygen atoms in total. The molecular weight excluding hydrogens is 334 g/mol. The average Bonchev–Trinajstić information content (AvgIpc) is 3.27. The molecule has 0 spiro atoms. The molecule has 25 heavy (non-hydrogen) atoms. The Bertz CT molecular complexity index is 691. The Balaban J connectivity index is 1.49. The molecule has 0 saturated heterocycles. The Labute approximate surface area is 153 Å². The van der Waals surface area contributed by atoms with Crippen molar-refractivity contribution in [2.75, 3.05) is 33.9 Å². The second kappa shape index (κ2) is 8.17. The normalized spacial score (nSPS) is 17.5. The van der Waals surface area contributed by atoms with Gasteiger partial charge >= 0.3 is 0 Å². The van der Waals surface area contributed by atoms with Gasteiger partial charge in [0.25, 0.3) is 0 Å². The smallest absolute Gasteiger partial charge is 0.191 e. The minimum Gasteiger partial charge on any atom is -0.386 e. The van der Waals surface area contributed by atoms with Crippen molar-refractivity contribution < 1.29 is 9.84 Å². The average molecular weight is 362 g/mol. The van der Waals surface area contributed by atoms with Crippen molar-refractivity contribution in [1.82, 2.24) is 10.6 Å². The third-order valence-corrected chi connectivity index (χ3v) is 6.10. The monoisotopic (exact) mass is 361 g/mol. The first kappa shape index (κ1) is 18.2. The minimum atomic E-state index is -0.542. The van der Waals surface area contributed by atoms with Crippen LogP contribution in [0.15, 0.2) is 35.3 Å². The van der Waals surface area contributed by atoms with Crippen LogP contribution >= 0.6 is 11.3 Å². The fourth-order valence-corrected chi connectivity index (χ4v) is 4.01. The van der Waals surface area contributed by atoms with E-state index in [1.165, 1.54) is 22.9 Å². The quantitative estimate of drug-likeness (QED) is 0.500. The number of thiophene rings is 1. The SMILES string of the molecule is CN=C(NCC(O)c1cc2ccccc2s1)NCC1(CCOC)CC1. The molecule has 2 aromatic rings. The van der Waals surface area contributed by atoms with Crippen LogP contribution in [0.25, 0.3) is 10.1 Å². The molecule has 3 N–H and O–H groups in total. The summed E-state index contributed by atoms with van der Waals surface area (Å²) in [4.78, 5) is 5.24. The highest BCUT2D eigenvalue weighted by Gasteiger charge is 2.41. The number of ether oxygens (including phenoxy) is 1. The molecule has 0 bridgehead atoms. The Morgan fingerprint density at radius 3 is 2.84 bits per heavy atom. The lowest BCUT2D eigenvalue weighted by atomic mass is 10.0. The number of rotatable bonds is 8. The molecule has 6 heteroatoms. The summed E-state index contributed by atoms with van der Waals surface area (Å²) in [6.07, 6.45) is 3.02. The molecule has 1 aliphatic carbocycles. The lowest BCUT2D eigenvalue weighted by Crippen LogP contribution is -2.42. The molecule has 1 aromatic heterocycles. The summed E-state index contributed by atoms with van der Waals surface area (Å²) in [5.41, 5.74) is 0.359. The predicted molar refractivity (Wildman–Crippen MR) is 104 cm³/mol. The van der Waals surface area contributed by atoms with E-state index in [1.807, 2.05) is 12.1 Å². The van der Waals surface area contributed by atoms with Crippen molar-refractivity contribution in [2.45, 2.75) is 25.4 Å². The number of aliphatic hydroxyl groups excluding tert-OH is 1. The maximum atomic E-state index is 10.5. The van der Waals surface area contributed by atoms with E-state index in [-0.39, 0.29) is 0 Å². The van der Waals surface area contributed by atoms with Crippen molar-refractivity contribution in [3.05, 3.63) is 35.2 Å². The highest BCUT2D eigenvalue weighted by atomic mass is 32.1. The third kappa shape index (κ3) is 4.71. The summed E-state index contributed by atoms with van der Waals surface area (Å²) in [5, 5.41) is 18.3. The number of nitrogens with zero attached hydrogens (tertiary/aromatic N) is 1. The number of nitrogens with one attached hydrogen (secondary N) is 2. The van der Waals surface area contributed by atoms with E-state index in [4.69, 9.17) is 4.74 Å². The number of aliphatic imine (C=N–C) groups is 1. The van der Waals surface area contributed by atoms with Crippen LogP contribution in [0.5, 0.6) is 0 Å². The van der Waals surface area contributed by atoms with Gasteiger partial charge in [0, 0.05) is 43.4 Å². The maximum Gasteiger partial charge on any atom is 0.191 e. The standard InChI is InChI=1S/C19H27N3O2S/c1-20-18(22-13-19(7-8-19)9-10-24-2)21-12-15(23)17-11-14-5-3-4-6-16(14)25-17/h3-6,11,15,23H,7-10,12-13H2,1-2H3,(H2,20,21,22). The summed E-state index contributed by atoms with van der Waals surface area (Å²) in [7, 11) is 3.51. The molecule has 136 valence electrons. The van der Waals surface area contributed by atoms with Crippen molar-refractivity contribution in [3.63, 3.8) is 0 Å². The number of benzene rings is 1. The van der Waals surface area contributed by atoms with Gasteiger partial charge in [0.2, 0.25) is 0 Å². The van der Waals surface area contributed by atoms with Crippen molar-refractivity contribution >= 4 is 27.4 Å². The fourth-order valence-electron chi connectivity index (χ4n) is 2.96. The van der Waals surface area contributed by atoms with Gasteiger partial charge in [-0.25, -0.2) is 0 Å². The van der Waals surface area contributed by atoms with Gasteiger partial charge in [0.05, 0.1) is 0 Å². The summed E-state index contributed by atoms with van der Waals surface area (Å²) in [6.45, 7) is 2.14. The van der Waals surface area contributed by atoms with Crippen LogP contribution in [0, 0.1) is 5.41 Å². The molecule has 1 unspecified atom stereocenters.